The molecule has 0 bridgehead atoms. The van der Waals surface area contributed by atoms with E-state index in [4.69, 9.17) is 11.6 Å². The lowest BCUT2D eigenvalue weighted by atomic mass is 10.1. The number of hydrogen-bond donors (Lipinski definition) is 0. The number of rotatable bonds is 2. The quantitative estimate of drug-likeness (QED) is 0.533. The lowest BCUT2D eigenvalue weighted by Crippen LogP contribution is -1.94. The number of benzene rings is 1. The zero-order chi connectivity index (χ0) is 14.2. The molecule has 0 aliphatic rings. The molecule has 21 heavy (non-hydrogen) atoms. The average Bonchev–Trinajstić information content (AvgIpc) is 3.17. The Labute approximate surface area is 130 Å². The van der Waals surface area contributed by atoms with E-state index >= 15 is 0 Å². The minimum atomic E-state index is 0.724. The Morgan fingerprint density at radius 2 is 1.86 bits per heavy atom. The van der Waals surface area contributed by atoms with Gasteiger partial charge in [-0.3, -0.25) is 0 Å². The fourth-order valence-electron chi connectivity index (χ4n) is 2.35. The molecule has 5 heteroatoms. The molecule has 4 rings (SSSR count). The number of hydrogen-bond acceptors (Lipinski definition) is 3. The summed E-state index contributed by atoms with van der Waals surface area (Å²) in [5, 5.41) is 9.39. The molecule has 3 aromatic heterocycles. The van der Waals surface area contributed by atoms with Crippen molar-refractivity contribution in [3.05, 3.63) is 64.6 Å². The van der Waals surface area contributed by atoms with Crippen LogP contribution in [0.15, 0.2) is 59.6 Å². The molecule has 0 aliphatic carbocycles. The first-order chi connectivity index (χ1) is 10.3. The lowest BCUT2D eigenvalue weighted by molar-refractivity contribution is 0.949. The molecule has 0 radical (unpaired) electrons. The van der Waals surface area contributed by atoms with Crippen molar-refractivity contribution < 1.29 is 0 Å². The molecule has 0 saturated heterocycles. The van der Waals surface area contributed by atoms with Crippen molar-refractivity contribution in [2.24, 2.45) is 0 Å². The normalized spacial score (nSPS) is 11.1. The third-order valence-electron chi connectivity index (χ3n) is 3.37. The minimum absolute atomic E-state index is 0.724. The van der Waals surface area contributed by atoms with Crippen LogP contribution in [0.1, 0.15) is 0 Å². The second-order valence-corrected chi connectivity index (χ2v) is 5.86. The highest BCUT2D eigenvalue weighted by atomic mass is 35.5. The summed E-state index contributed by atoms with van der Waals surface area (Å²) >= 11 is 7.62. The first-order valence-electron chi connectivity index (χ1n) is 6.44. The van der Waals surface area contributed by atoms with Crippen molar-refractivity contribution in [2.45, 2.75) is 0 Å². The molecule has 0 aliphatic heterocycles. The Morgan fingerprint density at radius 3 is 2.62 bits per heavy atom. The summed E-state index contributed by atoms with van der Waals surface area (Å²) in [4.78, 5) is 4.48. The Kier molecular flexibility index (Phi) is 2.98. The molecule has 3 nitrogen and oxygen atoms in total. The SMILES string of the molecule is Clc1ccc(-c2cnn3c(-c4ccsc4)ccnc23)cc1. The van der Waals surface area contributed by atoms with Crippen molar-refractivity contribution in [2.75, 3.05) is 0 Å². The maximum atomic E-state index is 5.95. The highest BCUT2D eigenvalue weighted by Gasteiger charge is 2.11. The van der Waals surface area contributed by atoms with Crippen molar-refractivity contribution in [3.63, 3.8) is 0 Å². The monoisotopic (exact) mass is 311 g/mol. The van der Waals surface area contributed by atoms with Crippen molar-refractivity contribution >= 4 is 28.6 Å². The van der Waals surface area contributed by atoms with E-state index in [-0.39, 0.29) is 0 Å². The minimum Gasteiger partial charge on any atom is -0.236 e. The van der Waals surface area contributed by atoms with Gasteiger partial charge in [0.25, 0.3) is 0 Å². The molecule has 0 saturated carbocycles. The number of fused-ring (bicyclic) bond motifs is 1. The standard InChI is InChI=1S/C16H10ClN3S/c17-13-3-1-11(2-4-13)14-9-19-20-15(5-7-18-16(14)20)12-6-8-21-10-12/h1-10H. The van der Waals surface area contributed by atoms with Crippen LogP contribution >= 0.6 is 22.9 Å². The second kappa shape index (κ2) is 4.98. The number of aromatic nitrogens is 3. The number of nitrogens with zero attached hydrogens (tertiary/aromatic N) is 3. The van der Waals surface area contributed by atoms with E-state index in [9.17, 15) is 0 Å². The van der Waals surface area contributed by atoms with Gasteiger partial charge in [0.2, 0.25) is 0 Å². The van der Waals surface area contributed by atoms with Crippen LogP contribution in [0.25, 0.3) is 28.0 Å². The first-order valence-corrected chi connectivity index (χ1v) is 7.76. The van der Waals surface area contributed by atoms with Crippen LogP contribution in [0.2, 0.25) is 5.02 Å². The average molecular weight is 312 g/mol. The Morgan fingerprint density at radius 1 is 1.00 bits per heavy atom. The van der Waals surface area contributed by atoms with Crippen molar-refractivity contribution in [1.82, 2.24) is 14.6 Å². The zero-order valence-corrected chi connectivity index (χ0v) is 12.5. The molecule has 4 aromatic rings. The lowest BCUT2D eigenvalue weighted by Gasteiger charge is -2.03. The van der Waals surface area contributed by atoms with E-state index in [0.29, 0.717) is 0 Å². The van der Waals surface area contributed by atoms with Crippen LogP contribution in [-0.2, 0) is 0 Å². The molecule has 0 atom stereocenters. The molecular formula is C16H10ClN3S. The van der Waals surface area contributed by atoms with Gasteiger partial charge in [-0.1, -0.05) is 23.7 Å². The number of thiophene rings is 1. The third-order valence-corrected chi connectivity index (χ3v) is 4.31. The van der Waals surface area contributed by atoms with Gasteiger partial charge in [-0.05, 0) is 35.2 Å². The number of halogens is 1. The Hall–Kier alpha value is -2.17. The maximum Gasteiger partial charge on any atom is 0.163 e. The Bertz CT molecular complexity index is 895. The van der Waals surface area contributed by atoms with E-state index in [2.05, 4.69) is 26.9 Å². The van der Waals surface area contributed by atoms with E-state index in [0.717, 1.165) is 33.1 Å². The summed E-state index contributed by atoms with van der Waals surface area (Å²) in [5.74, 6) is 0. The molecule has 102 valence electrons. The molecular weight excluding hydrogens is 302 g/mol. The molecule has 0 unspecified atom stereocenters. The van der Waals surface area contributed by atoms with E-state index in [1.54, 1.807) is 11.3 Å². The molecule has 0 N–H and O–H groups in total. The molecule has 3 heterocycles. The van der Waals surface area contributed by atoms with Gasteiger partial charge in [-0.25, -0.2) is 9.50 Å². The fourth-order valence-corrected chi connectivity index (χ4v) is 3.13. The molecule has 1 aromatic carbocycles. The fraction of sp³-hybridized carbons (Fsp3) is 0. The summed E-state index contributed by atoms with van der Waals surface area (Å²) in [5.41, 5.74) is 5.11. The van der Waals surface area contributed by atoms with Gasteiger partial charge >= 0.3 is 0 Å². The van der Waals surface area contributed by atoms with Crippen LogP contribution in [0, 0.1) is 0 Å². The third kappa shape index (κ3) is 2.13. The van der Waals surface area contributed by atoms with Gasteiger partial charge < -0.3 is 0 Å². The largest absolute Gasteiger partial charge is 0.236 e. The molecule has 0 fully saturated rings. The summed E-state index contributed by atoms with van der Waals surface area (Å²) in [6.45, 7) is 0. The highest BCUT2D eigenvalue weighted by Crippen LogP contribution is 2.28. The predicted molar refractivity (Wildman–Crippen MR) is 86.7 cm³/mol. The van der Waals surface area contributed by atoms with Crippen LogP contribution in [0.5, 0.6) is 0 Å². The van der Waals surface area contributed by atoms with Gasteiger partial charge in [0.1, 0.15) is 0 Å². The van der Waals surface area contributed by atoms with Crippen molar-refractivity contribution in [3.8, 4) is 22.4 Å². The molecule has 0 spiro atoms. The van der Waals surface area contributed by atoms with Crippen LogP contribution in [-0.4, -0.2) is 14.6 Å². The molecule has 0 amide bonds. The topological polar surface area (TPSA) is 30.2 Å². The van der Waals surface area contributed by atoms with E-state index < -0.39 is 0 Å². The smallest absolute Gasteiger partial charge is 0.163 e. The van der Waals surface area contributed by atoms with Gasteiger partial charge in [0.15, 0.2) is 5.65 Å². The van der Waals surface area contributed by atoms with Crippen molar-refractivity contribution in [1.29, 1.82) is 0 Å². The highest BCUT2D eigenvalue weighted by molar-refractivity contribution is 7.08. The first kappa shape index (κ1) is 12.6. The second-order valence-electron chi connectivity index (χ2n) is 4.64. The summed E-state index contributed by atoms with van der Waals surface area (Å²) < 4.78 is 1.88. The predicted octanol–water partition coefficient (Wildman–Crippen LogP) is 4.78. The Balaban J connectivity index is 1.93. The zero-order valence-electron chi connectivity index (χ0n) is 10.9. The van der Waals surface area contributed by atoms with E-state index in [1.165, 1.54) is 0 Å². The van der Waals surface area contributed by atoms with Crippen LogP contribution in [0.3, 0.4) is 0 Å². The summed E-state index contributed by atoms with van der Waals surface area (Å²) in [6, 6.07) is 11.8. The van der Waals surface area contributed by atoms with Gasteiger partial charge in [0, 0.05) is 27.7 Å². The maximum absolute atomic E-state index is 5.95. The van der Waals surface area contributed by atoms with Gasteiger partial charge in [0.05, 0.1) is 11.9 Å². The van der Waals surface area contributed by atoms with Crippen LogP contribution in [0.4, 0.5) is 0 Å². The summed E-state index contributed by atoms with van der Waals surface area (Å²) in [7, 11) is 0. The van der Waals surface area contributed by atoms with E-state index in [1.807, 2.05) is 47.2 Å². The van der Waals surface area contributed by atoms with Gasteiger partial charge in [-0.2, -0.15) is 16.4 Å². The van der Waals surface area contributed by atoms with Crippen LogP contribution < -0.4 is 0 Å². The van der Waals surface area contributed by atoms with Gasteiger partial charge in [-0.15, -0.1) is 0 Å². The summed E-state index contributed by atoms with van der Waals surface area (Å²) in [6.07, 6.45) is 3.67.